The topological polar surface area (TPSA) is 50.1 Å². The molecule has 0 saturated heterocycles. The van der Waals surface area contributed by atoms with Gasteiger partial charge in [-0.2, -0.15) is 5.26 Å². The maximum absolute atomic E-state index is 13.8. The zero-order chi connectivity index (χ0) is 13.8. The average Bonchev–Trinajstić information content (AvgIpc) is 2.35. The minimum Gasteiger partial charge on any atom is -0.497 e. The molecule has 3 nitrogen and oxygen atoms in total. The van der Waals surface area contributed by atoms with Gasteiger partial charge in [0.15, 0.2) is 5.78 Å². The van der Waals surface area contributed by atoms with Crippen LogP contribution in [0.4, 0.5) is 4.39 Å². The Morgan fingerprint density at radius 2 is 2.17 bits per heavy atom. The van der Waals surface area contributed by atoms with Gasteiger partial charge in [0.2, 0.25) is 0 Å². The molecule has 0 bridgehead atoms. The first-order valence-corrected chi connectivity index (χ1v) is 5.67. The Balaban J connectivity index is 3.00. The second-order valence-corrected chi connectivity index (χ2v) is 4.72. The summed E-state index contributed by atoms with van der Waals surface area (Å²) in [6.45, 7) is 3.44. The molecule has 0 aliphatic heterocycles. The lowest BCUT2D eigenvalue weighted by Crippen LogP contribution is -2.25. The highest BCUT2D eigenvalue weighted by Gasteiger charge is 2.30. The largest absolute Gasteiger partial charge is 0.497 e. The van der Waals surface area contributed by atoms with E-state index >= 15 is 0 Å². The van der Waals surface area contributed by atoms with E-state index in [1.165, 1.54) is 19.2 Å². The van der Waals surface area contributed by atoms with Gasteiger partial charge in [-0.25, -0.2) is 4.39 Å². The quantitative estimate of drug-likeness (QED) is 0.752. The molecule has 0 atom stereocenters. The van der Waals surface area contributed by atoms with Crippen molar-refractivity contribution in [1.82, 2.24) is 0 Å². The van der Waals surface area contributed by atoms with Crippen molar-refractivity contribution in [3.63, 3.8) is 0 Å². The van der Waals surface area contributed by atoms with Gasteiger partial charge in [-0.15, -0.1) is 0 Å². The predicted molar refractivity (Wildman–Crippen MR) is 65.9 cm³/mol. The number of halogens is 1. The van der Waals surface area contributed by atoms with Crippen molar-refractivity contribution >= 4 is 5.78 Å². The van der Waals surface area contributed by atoms with Crippen LogP contribution < -0.4 is 4.74 Å². The number of methoxy groups -OCH3 is 1. The monoisotopic (exact) mass is 249 g/mol. The number of nitriles is 1. The van der Waals surface area contributed by atoms with Gasteiger partial charge in [-0.05, 0) is 18.6 Å². The Bertz CT molecular complexity index is 489. The molecule has 0 radical (unpaired) electrons. The number of benzene rings is 1. The van der Waals surface area contributed by atoms with Crippen molar-refractivity contribution in [3.05, 3.63) is 29.6 Å². The number of hydrogen-bond acceptors (Lipinski definition) is 3. The first kappa shape index (κ1) is 14.2. The van der Waals surface area contributed by atoms with Crippen molar-refractivity contribution in [2.45, 2.75) is 26.7 Å². The fourth-order valence-electron chi connectivity index (χ4n) is 1.65. The van der Waals surface area contributed by atoms with E-state index in [4.69, 9.17) is 10.00 Å². The predicted octanol–water partition coefficient (Wildman–Crippen LogP) is 3.35. The maximum atomic E-state index is 13.8. The smallest absolute Gasteiger partial charge is 0.171 e. The van der Waals surface area contributed by atoms with Crippen molar-refractivity contribution in [2.24, 2.45) is 5.41 Å². The summed E-state index contributed by atoms with van der Waals surface area (Å²) in [7, 11) is 1.44. The molecule has 0 aliphatic carbocycles. The molecule has 0 amide bonds. The highest BCUT2D eigenvalue weighted by molar-refractivity contribution is 6.00. The SMILES string of the molecule is COc1ccc(C(=O)C(C)(C)CCC#N)c(F)c1. The second kappa shape index (κ2) is 5.63. The van der Waals surface area contributed by atoms with E-state index in [9.17, 15) is 9.18 Å². The van der Waals surface area contributed by atoms with Gasteiger partial charge in [0, 0.05) is 17.9 Å². The normalized spacial score (nSPS) is 10.8. The van der Waals surface area contributed by atoms with E-state index in [0.717, 1.165) is 0 Å². The zero-order valence-corrected chi connectivity index (χ0v) is 10.8. The van der Waals surface area contributed by atoms with Crippen LogP contribution in [0.2, 0.25) is 0 Å². The van der Waals surface area contributed by atoms with E-state index in [-0.39, 0.29) is 17.8 Å². The van der Waals surface area contributed by atoms with Crippen LogP contribution in [-0.4, -0.2) is 12.9 Å². The molecule has 1 aromatic carbocycles. The average molecular weight is 249 g/mol. The van der Waals surface area contributed by atoms with Crippen molar-refractivity contribution in [1.29, 1.82) is 5.26 Å². The summed E-state index contributed by atoms with van der Waals surface area (Å²) in [5, 5.41) is 8.55. The standard InChI is InChI=1S/C14H16FNO2/c1-14(2,7-4-8-16)13(17)11-6-5-10(18-3)9-12(11)15/h5-6,9H,4,7H2,1-3H3. The zero-order valence-electron chi connectivity index (χ0n) is 10.8. The number of ether oxygens (including phenoxy) is 1. The number of hydrogen-bond donors (Lipinski definition) is 0. The van der Waals surface area contributed by atoms with E-state index < -0.39 is 11.2 Å². The third-order valence-corrected chi connectivity index (χ3v) is 2.90. The van der Waals surface area contributed by atoms with Gasteiger partial charge in [-0.3, -0.25) is 4.79 Å². The van der Waals surface area contributed by atoms with Crippen molar-refractivity contribution in [3.8, 4) is 11.8 Å². The first-order chi connectivity index (χ1) is 8.42. The van der Waals surface area contributed by atoms with E-state index in [0.29, 0.717) is 12.2 Å². The molecular formula is C14H16FNO2. The Hall–Kier alpha value is -1.89. The Morgan fingerprint density at radius 1 is 1.50 bits per heavy atom. The molecule has 0 aliphatic rings. The Morgan fingerprint density at radius 3 is 2.67 bits per heavy atom. The minimum absolute atomic E-state index is 0.0405. The fraction of sp³-hybridized carbons (Fsp3) is 0.429. The number of carbonyl (C=O) groups excluding carboxylic acids is 1. The summed E-state index contributed by atoms with van der Waals surface area (Å²) in [4.78, 5) is 12.2. The molecule has 1 aromatic rings. The third kappa shape index (κ3) is 3.07. The molecule has 0 N–H and O–H groups in total. The summed E-state index contributed by atoms with van der Waals surface area (Å²) in [6, 6.07) is 6.16. The summed E-state index contributed by atoms with van der Waals surface area (Å²) >= 11 is 0. The van der Waals surface area contributed by atoms with Crippen LogP contribution >= 0.6 is 0 Å². The van der Waals surface area contributed by atoms with Crippen LogP contribution in [0.3, 0.4) is 0 Å². The molecule has 0 unspecified atom stereocenters. The van der Waals surface area contributed by atoms with Gasteiger partial charge in [0.1, 0.15) is 11.6 Å². The number of carbonyl (C=O) groups is 1. The molecule has 0 fully saturated rings. The first-order valence-electron chi connectivity index (χ1n) is 5.67. The van der Waals surface area contributed by atoms with Crippen LogP contribution in [0.25, 0.3) is 0 Å². The fourth-order valence-corrected chi connectivity index (χ4v) is 1.65. The molecule has 18 heavy (non-hydrogen) atoms. The van der Waals surface area contributed by atoms with E-state index in [2.05, 4.69) is 0 Å². The number of Topliss-reactive ketones (excluding diaryl/α,β-unsaturated/α-hetero) is 1. The lowest BCUT2D eigenvalue weighted by molar-refractivity contribution is 0.0824. The molecule has 0 aromatic heterocycles. The molecule has 4 heteroatoms. The van der Waals surface area contributed by atoms with Crippen LogP contribution in [0.5, 0.6) is 5.75 Å². The summed E-state index contributed by atoms with van der Waals surface area (Å²) in [5.41, 5.74) is -0.704. The summed E-state index contributed by atoms with van der Waals surface area (Å²) in [6.07, 6.45) is 0.685. The molecular weight excluding hydrogens is 233 g/mol. The molecule has 0 heterocycles. The lowest BCUT2D eigenvalue weighted by Gasteiger charge is -2.22. The van der Waals surface area contributed by atoms with Gasteiger partial charge in [0.05, 0.1) is 18.7 Å². The van der Waals surface area contributed by atoms with Crippen molar-refractivity contribution in [2.75, 3.05) is 7.11 Å². The van der Waals surface area contributed by atoms with E-state index in [1.54, 1.807) is 19.9 Å². The maximum Gasteiger partial charge on any atom is 0.171 e. The Labute approximate surface area is 106 Å². The minimum atomic E-state index is -0.745. The van der Waals surface area contributed by atoms with Crippen molar-refractivity contribution < 1.29 is 13.9 Å². The highest BCUT2D eigenvalue weighted by atomic mass is 19.1. The van der Waals surface area contributed by atoms with Gasteiger partial charge < -0.3 is 4.74 Å². The second-order valence-electron chi connectivity index (χ2n) is 4.72. The van der Waals surface area contributed by atoms with Gasteiger partial charge in [0.25, 0.3) is 0 Å². The molecule has 96 valence electrons. The highest BCUT2D eigenvalue weighted by Crippen LogP contribution is 2.29. The van der Waals surface area contributed by atoms with Crippen LogP contribution in [-0.2, 0) is 0 Å². The molecule has 0 spiro atoms. The summed E-state index contributed by atoms with van der Waals surface area (Å²) < 4.78 is 18.7. The number of ketones is 1. The van der Waals surface area contributed by atoms with Crippen LogP contribution in [0, 0.1) is 22.6 Å². The van der Waals surface area contributed by atoms with Gasteiger partial charge >= 0.3 is 0 Å². The molecule has 1 rings (SSSR count). The summed E-state index contributed by atoms with van der Waals surface area (Å²) in [5.74, 6) is -0.513. The third-order valence-electron chi connectivity index (χ3n) is 2.90. The van der Waals surface area contributed by atoms with Crippen LogP contribution in [0.15, 0.2) is 18.2 Å². The Kier molecular flexibility index (Phi) is 4.43. The van der Waals surface area contributed by atoms with Crippen LogP contribution in [0.1, 0.15) is 37.0 Å². The number of nitrogens with zero attached hydrogens (tertiary/aromatic N) is 1. The van der Waals surface area contributed by atoms with Gasteiger partial charge in [-0.1, -0.05) is 13.8 Å². The van der Waals surface area contributed by atoms with E-state index in [1.807, 2.05) is 6.07 Å². The molecule has 0 saturated carbocycles. The lowest BCUT2D eigenvalue weighted by atomic mass is 9.80. The number of rotatable bonds is 5.